The predicted molar refractivity (Wildman–Crippen MR) is 94.5 cm³/mol. The highest BCUT2D eigenvalue weighted by atomic mass is 16.6. The van der Waals surface area contributed by atoms with E-state index in [9.17, 15) is 9.59 Å². The molecule has 1 heterocycles. The van der Waals surface area contributed by atoms with E-state index >= 15 is 0 Å². The van der Waals surface area contributed by atoms with Gasteiger partial charge in [0.1, 0.15) is 19.8 Å². The van der Waals surface area contributed by atoms with Crippen LogP contribution in [0.3, 0.4) is 0 Å². The Labute approximate surface area is 151 Å². The maximum atomic E-state index is 12.3. The van der Waals surface area contributed by atoms with Crippen molar-refractivity contribution in [3.8, 4) is 11.5 Å². The molecule has 2 aromatic rings. The Morgan fingerprint density at radius 3 is 2.69 bits per heavy atom. The zero-order valence-corrected chi connectivity index (χ0v) is 14.6. The summed E-state index contributed by atoms with van der Waals surface area (Å²) in [7, 11) is 0. The zero-order chi connectivity index (χ0) is 18.1. The van der Waals surface area contributed by atoms with Gasteiger partial charge in [0.2, 0.25) is 0 Å². The first-order valence-electron chi connectivity index (χ1n) is 8.78. The van der Waals surface area contributed by atoms with Crippen LogP contribution in [0.4, 0.5) is 0 Å². The smallest absolute Gasteiger partial charge is 0.309 e. The molecule has 0 aromatic heterocycles. The number of ketones is 1. The lowest BCUT2D eigenvalue weighted by molar-refractivity contribution is -0.146. The molecule has 2 aliphatic rings. The second-order valence-electron chi connectivity index (χ2n) is 6.72. The molecule has 2 atom stereocenters. The van der Waals surface area contributed by atoms with Gasteiger partial charge in [0.15, 0.2) is 17.3 Å². The summed E-state index contributed by atoms with van der Waals surface area (Å²) < 4.78 is 16.6. The molecule has 5 heteroatoms. The Kier molecular flexibility index (Phi) is 4.37. The summed E-state index contributed by atoms with van der Waals surface area (Å²) in [5.41, 5.74) is 2.52. The molecule has 1 aliphatic heterocycles. The van der Waals surface area contributed by atoms with E-state index in [2.05, 4.69) is 0 Å². The van der Waals surface area contributed by atoms with Crippen LogP contribution in [0.5, 0.6) is 11.5 Å². The fourth-order valence-corrected chi connectivity index (χ4v) is 3.26. The third-order valence-corrected chi connectivity index (χ3v) is 4.80. The van der Waals surface area contributed by atoms with Crippen LogP contribution in [0.2, 0.25) is 0 Å². The Bertz CT molecular complexity index is 857. The molecular weight excluding hydrogens is 332 g/mol. The van der Waals surface area contributed by atoms with E-state index in [1.165, 1.54) is 6.92 Å². The normalized spacial score (nSPS) is 20.3. The summed E-state index contributed by atoms with van der Waals surface area (Å²) in [5, 5.41) is 0. The van der Waals surface area contributed by atoms with Crippen molar-refractivity contribution in [1.82, 2.24) is 0 Å². The van der Waals surface area contributed by atoms with E-state index in [1.807, 2.05) is 24.3 Å². The minimum Gasteiger partial charge on any atom is -0.486 e. The topological polar surface area (TPSA) is 61.8 Å². The van der Waals surface area contributed by atoms with Crippen LogP contribution in [0.25, 0.3) is 0 Å². The van der Waals surface area contributed by atoms with Gasteiger partial charge in [-0.25, -0.2) is 0 Å². The van der Waals surface area contributed by atoms with Gasteiger partial charge in [-0.1, -0.05) is 24.3 Å². The fourth-order valence-electron chi connectivity index (χ4n) is 3.26. The molecule has 5 nitrogen and oxygen atoms in total. The van der Waals surface area contributed by atoms with E-state index in [4.69, 9.17) is 14.2 Å². The Balaban J connectivity index is 1.36. The summed E-state index contributed by atoms with van der Waals surface area (Å²) in [6.07, 6.45) is 0.784. The molecule has 0 saturated heterocycles. The standard InChI is InChI=1S/C21H20O5/c1-13(22)15-4-2-3-14(9-15)12-26-21(23)18-11-17(18)16-5-6-19-20(10-16)25-8-7-24-19/h2-6,9-10,17-18H,7-8,11-12H2,1H3. The molecule has 26 heavy (non-hydrogen) atoms. The van der Waals surface area contributed by atoms with E-state index in [1.54, 1.807) is 18.2 Å². The summed E-state index contributed by atoms with van der Waals surface area (Å²) in [5.74, 6) is 1.35. The van der Waals surface area contributed by atoms with Crippen LogP contribution >= 0.6 is 0 Å². The van der Waals surface area contributed by atoms with E-state index in [0.29, 0.717) is 18.8 Å². The van der Waals surface area contributed by atoms with Gasteiger partial charge in [-0.3, -0.25) is 9.59 Å². The Hall–Kier alpha value is -2.82. The van der Waals surface area contributed by atoms with Crippen molar-refractivity contribution < 1.29 is 23.8 Å². The van der Waals surface area contributed by atoms with Crippen molar-refractivity contribution in [2.45, 2.75) is 25.9 Å². The molecule has 2 aromatic carbocycles. The van der Waals surface area contributed by atoms with Gasteiger partial charge >= 0.3 is 5.97 Å². The van der Waals surface area contributed by atoms with Crippen LogP contribution in [-0.4, -0.2) is 25.0 Å². The quantitative estimate of drug-likeness (QED) is 0.609. The molecule has 0 N–H and O–H groups in total. The summed E-state index contributed by atoms with van der Waals surface area (Å²) >= 11 is 0. The van der Waals surface area contributed by atoms with Crippen molar-refractivity contribution in [2.24, 2.45) is 5.92 Å². The van der Waals surface area contributed by atoms with Crippen molar-refractivity contribution >= 4 is 11.8 Å². The molecule has 1 fully saturated rings. The van der Waals surface area contributed by atoms with Gasteiger partial charge in [-0.2, -0.15) is 0 Å². The second-order valence-corrected chi connectivity index (χ2v) is 6.72. The Morgan fingerprint density at radius 1 is 1.08 bits per heavy atom. The predicted octanol–water partition coefficient (Wildman–Crippen LogP) is 3.51. The molecule has 2 unspecified atom stereocenters. The molecule has 134 valence electrons. The Morgan fingerprint density at radius 2 is 1.88 bits per heavy atom. The zero-order valence-electron chi connectivity index (χ0n) is 14.6. The molecule has 1 aliphatic carbocycles. The maximum absolute atomic E-state index is 12.3. The first kappa shape index (κ1) is 16.6. The van der Waals surface area contributed by atoms with Crippen LogP contribution < -0.4 is 9.47 Å². The third kappa shape index (κ3) is 3.43. The van der Waals surface area contributed by atoms with E-state index in [0.717, 1.165) is 29.0 Å². The summed E-state index contributed by atoms with van der Waals surface area (Å²) in [6.45, 7) is 2.82. The maximum Gasteiger partial charge on any atom is 0.309 e. The highest BCUT2D eigenvalue weighted by molar-refractivity contribution is 5.94. The number of fused-ring (bicyclic) bond motifs is 1. The van der Waals surface area contributed by atoms with Crippen molar-refractivity contribution in [3.05, 3.63) is 59.2 Å². The molecule has 0 bridgehead atoms. The molecular formula is C21H20O5. The minimum atomic E-state index is -0.196. The molecule has 1 saturated carbocycles. The summed E-state index contributed by atoms with van der Waals surface area (Å²) in [6, 6.07) is 13.0. The lowest BCUT2D eigenvalue weighted by Gasteiger charge is -2.18. The molecule has 4 rings (SSSR count). The lowest BCUT2D eigenvalue weighted by Crippen LogP contribution is -2.15. The first-order chi connectivity index (χ1) is 12.6. The average molecular weight is 352 g/mol. The van der Waals surface area contributed by atoms with Crippen molar-refractivity contribution in [2.75, 3.05) is 13.2 Å². The number of carbonyl (C=O) groups is 2. The van der Waals surface area contributed by atoms with Gasteiger partial charge in [-0.15, -0.1) is 0 Å². The number of ether oxygens (including phenoxy) is 3. The van der Waals surface area contributed by atoms with E-state index < -0.39 is 0 Å². The van der Waals surface area contributed by atoms with Crippen LogP contribution in [0.15, 0.2) is 42.5 Å². The van der Waals surface area contributed by atoms with Gasteiger partial charge in [0.25, 0.3) is 0 Å². The number of hydrogen-bond acceptors (Lipinski definition) is 5. The highest BCUT2D eigenvalue weighted by Gasteiger charge is 2.45. The number of benzene rings is 2. The van der Waals surface area contributed by atoms with Gasteiger partial charge in [0, 0.05) is 5.56 Å². The van der Waals surface area contributed by atoms with Gasteiger partial charge < -0.3 is 14.2 Å². The first-order valence-corrected chi connectivity index (χ1v) is 8.78. The number of carbonyl (C=O) groups excluding carboxylic acids is 2. The lowest BCUT2D eigenvalue weighted by atomic mass is 10.1. The van der Waals surface area contributed by atoms with E-state index in [-0.39, 0.29) is 30.2 Å². The van der Waals surface area contributed by atoms with Crippen LogP contribution in [0, 0.1) is 5.92 Å². The minimum absolute atomic E-state index is 0.000887. The number of Topliss-reactive ketones (excluding diaryl/α,β-unsaturated/α-hetero) is 1. The van der Waals surface area contributed by atoms with Crippen molar-refractivity contribution in [1.29, 1.82) is 0 Å². The highest BCUT2D eigenvalue weighted by Crippen LogP contribution is 2.50. The molecule has 0 radical (unpaired) electrons. The molecule has 0 amide bonds. The third-order valence-electron chi connectivity index (χ3n) is 4.80. The average Bonchev–Trinajstić information content (AvgIpc) is 3.47. The van der Waals surface area contributed by atoms with Crippen LogP contribution in [-0.2, 0) is 16.1 Å². The number of esters is 1. The summed E-state index contributed by atoms with van der Waals surface area (Å²) in [4.78, 5) is 23.8. The SMILES string of the molecule is CC(=O)c1cccc(COC(=O)C2CC2c2ccc3c(c2)OCCO3)c1. The fraction of sp³-hybridized carbons (Fsp3) is 0.333. The van der Waals surface area contributed by atoms with Crippen molar-refractivity contribution in [3.63, 3.8) is 0 Å². The van der Waals surface area contributed by atoms with Crippen LogP contribution in [0.1, 0.15) is 40.7 Å². The molecule has 0 spiro atoms. The monoisotopic (exact) mass is 352 g/mol. The largest absolute Gasteiger partial charge is 0.486 e. The van der Waals surface area contributed by atoms with Gasteiger partial charge in [0.05, 0.1) is 5.92 Å². The van der Waals surface area contributed by atoms with Gasteiger partial charge in [-0.05, 0) is 48.6 Å². The second kappa shape index (κ2) is 6.83. The number of rotatable bonds is 5. The number of hydrogen-bond donors (Lipinski definition) is 0.